The first-order valence-corrected chi connectivity index (χ1v) is 6.59. The Morgan fingerprint density at radius 3 is 1.68 bits per heavy atom. The molecule has 0 N–H and O–H groups in total. The standard InChI is InChI=1S/C12H8N2O4Se/c15-11(9-5-1-3-7-13-9)17-19-18-12(16)10-6-2-4-8-14-10/h1-8H. The van der Waals surface area contributed by atoms with Gasteiger partial charge >= 0.3 is 115 Å². The number of carbonyl (C=O) groups excluding carboxylic acids is 2. The Morgan fingerprint density at radius 2 is 1.32 bits per heavy atom. The van der Waals surface area contributed by atoms with E-state index < -0.39 is 27.6 Å². The molecule has 0 fully saturated rings. The Balaban J connectivity index is 1.81. The number of hydrogen-bond donors (Lipinski definition) is 0. The van der Waals surface area contributed by atoms with Crippen LogP contribution in [0.5, 0.6) is 0 Å². The van der Waals surface area contributed by atoms with Gasteiger partial charge in [-0.05, 0) is 0 Å². The fraction of sp³-hybridized carbons (Fsp3) is 0. The maximum absolute atomic E-state index is 11.5. The van der Waals surface area contributed by atoms with Crippen molar-refractivity contribution in [2.45, 2.75) is 0 Å². The van der Waals surface area contributed by atoms with Crippen molar-refractivity contribution in [1.29, 1.82) is 0 Å². The fourth-order valence-corrected chi connectivity index (χ4v) is 1.82. The van der Waals surface area contributed by atoms with Crippen LogP contribution < -0.4 is 0 Å². The molecular formula is C12H8N2O4Se. The predicted octanol–water partition coefficient (Wildman–Crippen LogP) is 1.02. The minimum absolute atomic E-state index is 0.165. The number of hydrogen-bond acceptors (Lipinski definition) is 6. The molecule has 0 saturated heterocycles. The molecule has 0 atom stereocenters. The summed E-state index contributed by atoms with van der Waals surface area (Å²) in [5, 5.41) is 0. The van der Waals surface area contributed by atoms with Crippen molar-refractivity contribution >= 4 is 27.6 Å². The van der Waals surface area contributed by atoms with Gasteiger partial charge in [0.15, 0.2) is 0 Å². The third-order valence-corrected chi connectivity index (χ3v) is 2.89. The van der Waals surface area contributed by atoms with Crippen molar-refractivity contribution in [3.8, 4) is 0 Å². The van der Waals surface area contributed by atoms with Gasteiger partial charge in [-0.1, -0.05) is 0 Å². The zero-order chi connectivity index (χ0) is 13.5. The molecule has 0 bridgehead atoms. The van der Waals surface area contributed by atoms with Gasteiger partial charge in [0.1, 0.15) is 0 Å². The van der Waals surface area contributed by atoms with Crippen LogP contribution in [0.1, 0.15) is 21.0 Å². The molecule has 2 rings (SSSR count). The zero-order valence-electron chi connectivity index (χ0n) is 9.55. The third kappa shape index (κ3) is 3.87. The van der Waals surface area contributed by atoms with E-state index >= 15 is 0 Å². The van der Waals surface area contributed by atoms with Crippen LogP contribution in [0.3, 0.4) is 0 Å². The molecule has 0 aromatic carbocycles. The molecule has 2 heterocycles. The predicted molar refractivity (Wildman–Crippen MR) is 65.1 cm³/mol. The molecule has 2 aromatic heterocycles. The van der Waals surface area contributed by atoms with Crippen molar-refractivity contribution < 1.29 is 17.2 Å². The Bertz CT molecular complexity index is 511. The van der Waals surface area contributed by atoms with Gasteiger partial charge in [0, 0.05) is 0 Å². The van der Waals surface area contributed by atoms with Gasteiger partial charge in [-0.3, -0.25) is 0 Å². The topological polar surface area (TPSA) is 78.4 Å². The summed E-state index contributed by atoms with van der Waals surface area (Å²) in [6.45, 7) is 0. The van der Waals surface area contributed by atoms with E-state index in [-0.39, 0.29) is 11.4 Å². The first kappa shape index (κ1) is 13.2. The summed E-state index contributed by atoms with van der Waals surface area (Å²) < 4.78 is 9.62. The quantitative estimate of drug-likeness (QED) is 0.782. The van der Waals surface area contributed by atoms with Crippen LogP contribution >= 0.6 is 0 Å². The summed E-state index contributed by atoms with van der Waals surface area (Å²) in [5.74, 6) is -1.26. The molecule has 96 valence electrons. The van der Waals surface area contributed by atoms with E-state index in [4.69, 9.17) is 7.64 Å². The second-order valence-corrected chi connectivity index (χ2v) is 4.22. The van der Waals surface area contributed by atoms with Gasteiger partial charge in [-0.15, -0.1) is 0 Å². The molecule has 0 spiro atoms. The van der Waals surface area contributed by atoms with E-state index in [1.54, 1.807) is 24.3 Å². The molecule has 0 aliphatic carbocycles. The molecule has 7 heteroatoms. The van der Waals surface area contributed by atoms with Crippen molar-refractivity contribution in [3.63, 3.8) is 0 Å². The number of carbonyl (C=O) groups is 2. The van der Waals surface area contributed by atoms with E-state index in [1.165, 1.54) is 24.5 Å². The molecule has 19 heavy (non-hydrogen) atoms. The van der Waals surface area contributed by atoms with E-state index in [1.807, 2.05) is 0 Å². The summed E-state index contributed by atoms with van der Waals surface area (Å²) in [6.07, 6.45) is 2.95. The second-order valence-electron chi connectivity index (χ2n) is 3.24. The molecule has 0 unspecified atom stereocenters. The van der Waals surface area contributed by atoms with Crippen molar-refractivity contribution in [1.82, 2.24) is 9.97 Å². The molecule has 0 aliphatic rings. The third-order valence-electron chi connectivity index (χ3n) is 1.97. The first-order valence-electron chi connectivity index (χ1n) is 5.19. The number of nitrogens with zero attached hydrogens (tertiary/aromatic N) is 2. The fourth-order valence-electron chi connectivity index (χ4n) is 1.13. The van der Waals surface area contributed by atoms with Gasteiger partial charge < -0.3 is 0 Å². The molecule has 6 nitrogen and oxygen atoms in total. The average Bonchev–Trinajstić information content (AvgIpc) is 2.49. The van der Waals surface area contributed by atoms with E-state index in [0.717, 1.165) is 0 Å². The van der Waals surface area contributed by atoms with E-state index in [0.29, 0.717) is 0 Å². The molecule has 0 amide bonds. The van der Waals surface area contributed by atoms with Gasteiger partial charge in [-0.2, -0.15) is 0 Å². The summed E-state index contributed by atoms with van der Waals surface area (Å²) >= 11 is -1.05. The maximum atomic E-state index is 11.5. The summed E-state index contributed by atoms with van der Waals surface area (Å²) in [7, 11) is 0. The van der Waals surface area contributed by atoms with Crippen molar-refractivity contribution in [2.75, 3.05) is 0 Å². The average molecular weight is 323 g/mol. The Morgan fingerprint density at radius 1 is 0.842 bits per heavy atom. The zero-order valence-corrected chi connectivity index (χ0v) is 11.3. The SMILES string of the molecule is O=C(O[Se]OC(=O)c1ccccn1)c1ccccn1. The molecule has 0 radical (unpaired) electrons. The molecule has 2 aromatic rings. The first-order chi connectivity index (χ1) is 9.27. The van der Waals surface area contributed by atoms with Crippen LogP contribution in [-0.2, 0) is 7.64 Å². The van der Waals surface area contributed by atoms with E-state index in [9.17, 15) is 9.59 Å². The Labute approximate surface area is 115 Å². The second kappa shape index (κ2) is 6.63. The van der Waals surface area contributed by atoms with E-state index in [2.05, 4.69) is 9.97 Å². The summed E-state index contributed by atoms with van der Waals surface area (Å²) in [6, 6.07) is 9.72. The van der Waals surface area contributed by atoms with Crippen LogP contribution in [0.4, 0.5) is 0 Å². The van der Waals surface area contributed by atoms with Gasteiger partial charge in [0.2, 0.25) is 0 Å². The van der Waals surface area contributed by atoms with Crippen LogP contribution in [0.25, 0.3) is 0 Å². The molecule has 0 saturated carbocycles. The molecular weight excluding hydrogens is 315 g/mol. The van der Waals surface area contributed by atoms with Crippen LogP contribution in [0.2, 0.25) is 0 Å². The van der Waals surface area contributed by atoms with Gasteiger partial charge in [0.25, 0.3) is 0 Å². The summed E-state index contributed by atoms with van der Waals surface area (Å²) in [4.78, 5) is 30.6. The minimum atomic E-state index is -1.05. The van der Waals surface area contributed by atoms with Gasteiger partial charge in [-0.25, -0.2) is 0 Å². The Hall–Kier alpha value is -2.24. The van der Waals surface area contributed by atoms with Crippen LogP contribution in [-0.4, -0.2) is 37.5 Å². The molecule has 0 aliphatic heterocycles. The number of rotatable bonds is 4. The number of aromatic nitrogens is 2. The summed E-state index contributed by atoms with van der Waals surface area (Å²) in [5.41, 5.74) is 0.330. The van der Waals surface area contributed by atoms with Crippen LogP contribution in [0.15, 0.2) is 48.8 Å². The number of pyridine rings is 2. The van der Waals surface area contributed by atoms with Crippen molar-refractivity contribution in [3.05, 3.63) is 60.2 Å². The van der Waals surface area contributed by atoms with Crippen molar-refractivity contribution in [2.24, 2.45) is 0 Å². The normalized spacial score (nSPS) is 9.68. The Kier molecular flexibility index (Phi) is 4.60. The monoisotopic (exact) mass is 324 g/mol. The van der Waals surface area contributed by atoms with Gasteiger partial charge in [0.05, 0.1) is 0 Å². The van der Waals surface area contributed by atoms with Crippen LogP contribution in [0, 0.1) is 0 Å².